The maximum Gasteiger partial charge on any atom is 0.293 e. The van der Waals surface area contributed by atoms with Crippen LogP contribution in [0.4, 0.5) is 5.82 Å². The first kappa shape index (κ1) is 17.0. The molecule has 2 aliphatic rings. The number of amides is 1. The molecule has 0 bridgehead atoms. The molecular formula is C17H27N5O2. The first-order valence-corrected chi connectivity index (χ1v) is 8.88. The largest absolute Gasteiger partial charge is 0.350 e. The average Bonchev–Trinajstić information content (AvgIpc) is 3.40. The number of nitrogens with zero attached hydrogens (tertiary/aromatic N) is 4. The van der Waals surface area contributed by atoms with Gasteiger partial charge in [-0.3, -0.25) is 14.5 Å². The van der Waals surface area contributed by atoms with Crippen LogP contribution in [-0.4, -0.2) is 58.6 Å². The Hall–Kier alpha value is -1.89. The molecule has 7 nitrogen and oxygen atoms in total. The van der Waals surface area contributed by atoms with Crippen LogP contribution in [-0.2, 0) is 11.8 Å². The number of carbonyl (C=O) groups is 1. The Bertz CT molecular complexity index is 640. The normalized spacial score (nSPS) is 21.1. The lowest BCUT2D eigenvalue weighted by atomic mass is 10.1. The van der Waals surface area contributed by atoms with E-state index in [1.807, 2.05) is 4.90 Å². The number of likely N-dealkylation sites (N-methyl/N-ethyl adjacent to an activating group) is 1. The van der Waals surface area contributed by atoms with Crippen LogP contribution >= 0.6 is 0 Å². The molecule has 2 fully saturated rings. The molecule has 1 saturated carbocycles. The predicted molar refractivity (Wildman–Crippen MR) is 93.1 cm³/mol. The average molecular weight is 333 g/mol. The third kappa shape index (κ3) is 3.95. The fourth-order valence-electron chi connectivity index (χ4n) is 3.39. The number of anilines is 1. The summed E-state index contributed by atoms with van der Waals surface area (Å²) in [5.74, 6) is 0.566. The quantitative estimate of drug-likeness (QED) is 0.813. The summed E-state index contributed by atoms with van der Waals surface area (Å²) in [6, 6.07) is 0.677. The standard InChI is InChI=1S/C17H27N5O2/c1-3-21(14-6-7-14)12-15(23)19-13-5-4-9-22(11-13)16-17(24)20(2)10-8-18-16/h8,10,13-14H,3-7,9,11-12H2,1-2H3,(H,19,23)/t13-/m0/s1. The van der Waals surface area contributed by atoms with E-state index < -0.39 is 0 Å². The highest BCUT2D eigenvalue weighted by molar-refractivity contribution is 5.78. The molecule has 1 amide bonds. The molecule has 0 aromatic carbocycles. The molecule has 3 rings (SSSR count). The lowest BCUT2D eigenvalue weighted by Crippen LogP contribution is -2.51. The zero-order valence-electron chi connectivity index (χ0n) is 14.6. The maximum atomic E-state index is 12.3. The molecule has 1 aliphatic carbocycles. The number of rotatable bonds is 6. The van der Waals surface area contributed by atoms with Gasteiger partial charge in [0.2, 0.25) is 5.91 Å². The van der Waals surface area contributed by atoms with Gasteiger partial charge in [-0.1, -0.05) is 6.92 Å². The summed E-state index contributed by atoms with van der Waals surface area (Å²) in [5, 5.41) is 3.14. The van der Waals surface area contributed by atoms with Gasteiger partial charge in [-0.05, 0) is 32.2 Å². The van der Waals surface area contributed by atoms with Crippen molar-refractivity contribution in [3.63, 3.8) is 0 Å². The molecule has 0 spiro atoms. The van der Waals surface area contributed by atoms with Crippen molar-refractivity contribution in [2.24, 2.45) is 7.05 Å². The van der Waals surface area contributed by atoms with Crippen LogP contribution in [0.2, 0.25) is 0 Å². The Labute approximate surface area is 142 Å². The van der Waals surface area contributed by atoms with Crippen molar-refractivity contribution in [2.45, 2.75) is 44.7 Å². The first-order chi connectivity index (χ1) is 11.6. The Kier molecular flexibility index (Phi) is 5.18. The van der Waals surface area contributed by atoms with Gasteiger partial charge in [0.25, 0.3) is 5.56 Å². The summed E-state index contributed by atoms with van der Waals surface area (Å²) < 4.78 is 1.54. The van der Waals surface area contributed by atoms with E-state index in [1.165, 1.54) is 12.8 Å². The molecule has 24 heavy (non-hydrogen) atoms. The summed E-state index contributed by atoms with van der Waals surface area (Å²) in [5.41, 5.74) is -0.0876. The summed E-state index contributed by atoms with van der Waals surface area (Å²) in [6.45, 7) is 4.95. The van der Waals surface area contributed by atoms with Crippen LogP contribution in [0.15, 0.2) is 17.2 Å². The van der Waals surface area contributed by atoms with Crippen molar-refractivity contribution in [2.75, 3.05) is 31.1 Å². The zero-order chi connectivity index (χ0) is 17.1. The van der Waals surface area contributed by atoms with Crippen LogP contribution in [0.25, 0.3) is 0 Å². The highest BCUT2D eigenvalue weighted by Gasteiger charge is 2.30. The van der Waals surface area contributed by atoms with Crippen molar-refractivity contribution >= 4 is 11.7 Å². The molecule has 1 atom stereocenters. The Balaban J connectivity index is 1.58. The fourth-order valence-corrected chi connectivity index (χ4v) is 3.39. The van der Waals surface area contributed by atoms with Gasteiger partial charge in [0, 0.05) is 44.6 Å². The van der Waals surface area contributed by atoms with E-state index in [9.17, 15) is 9.59 Å². The van der Waals surface area contributed by atoms with Crippen molar-refractivity contribution in [3.05, 3.63) is 22.7 Å². The number of nitrogens with one attached hydrogen (secondary N) is 1. The number of hydrogen-bond donors (Lipinski definition) is 1. The highest BCUT2D eigenvalue weighted by Crippen LogP contribution is 2.26. The van der Waals surface area contributed by atoms with E-state index in [0.717, 1.165) is 25.9 Å². The van der Waals surface area contributed by atoms with Crippen molar-refractivity contribution in [1.29, 1.82) is 0 Å². The molecule has 1 aromatic heterocycles. The van der Waals surface area contributed by atoms with Gasteiger partial charge in [0.1, 0.15) is 0 Å². The smallest absolute Gasteiger partial charge is 0.293 e. The minimum absolute atomic E-state index is 0.0795. The van der Waals surface area contributed by atoms with E-state index >= 15 is 0 Å². The van der Waals surface area contributed by atoms with Gasteiger partial charge in [0.15, 0.2) is 5.82 Å². The highest BCUT2D eigenvalue weighted by atomic mass is 16.2. The van der Waals surface area contributed by atoms with Crippen molar-refractivity contribution < 1.29 is 4.79 Å². The van der Waals surface area contributed by atoms with Gasteiger partial charge in [-0.15, -0.1) is 0 Å². The lowest BCUT2D eigenvalue weighted by molar-refractivity contribution is -0.123. The van der Waals surface area contributed by atoms with E-state index in [0.29, 0.717) is 24.9 Å². The van der Waals surface area contributed by atoms with Crippen molar-refractivity contribution in [1.82, 2.24) is 19.8 Å². The zero-order valence-corrected chi connectivity index (χ0v) is 14.6. The van der Waals surface area contributed by atoms with Gasteiger partial charge < -0.3 is 14.8 Å². The van der Waals surface area contributed by atoms with Gasteiger partial charge >= 0.3 is 0 Å². The first-order valence-electron chi connectivity index (χ1n) is 8.88. The van der Waals surface area contributed by atoms with E-state index in [4.69, 9.17) is 0 Å². The topological polar surface area (TPSA) is 70.5 Å². The van der Waals surface area contributed by atoms with Gasteiger partial charge in [-0.25, -0.2) is 4.98 Å². The summed E-state index contributed by atoms with van der Waals surface area (Å²) in [7, 11) is 1.73. The third-order valence-electron chi connectivity index (χ3n) is 4.90. The van der Waals surface area contributed by atoms with Crippen molar-refractivity contribution in [3.8, 4) is 0 Å². The van der Waals surface area contributed by atoms with E-state index in [1.54, 1.807) is 24.0 Å². The van der Waals surface area contributed by atoms with Gasteiger partial charge in [-0.2, -0.15) is 0 Å². The lowest BCUT2D eigenvalue weighted by Gasteiger charge is -2.34. The third-order valence-corrected chi connectivity index (χ3v) is 4.90. The number of piperidine rings is 1. The maximum absolute atomic E-state index is 12.3. The van der Waals surface area contributed by atoms with Crippen LogP contribution < -0.4 is 15.8 Å². The minimum Gasteiger partial charge on any atom is -0.350 e. The summed E-state index contributed by atoms with van der Waals surface area (Å²) in [6.07, 6.45) is 7.62. The second-order valence-electron chi connectivity index (χ2n) is 6.81. The number of aromatic nitrogens is 2. The van der Waals surface area contributed by atoms with Gasteiger partial charge in [0.05, 0.1) is 6.54 Å². The minimum atomic E-state index is -0.0876. The van der Waals surface area contributed by atoms with Crippen LogP contribution in [0.5, 0.6) is 0 Å². The number of carbonyl (C=O) groups excluding carboxylic acids is 1. The Morgan fingerprint density at radius 3 is 2.92 bits per heavy atom. The molecule has 1 aliphatic heterocycles. The number of hydrogen-bond acceptors (Lipinski definition) is 5. The second kappa shape index (κ2) is 7.34. The predicted octanol–water partition coefficient (Wildman–Crippen LogP) is 0.350. The molecule has 1 saturated heterocycles. The fraction of sp³-hybridized carbons (Fsp3) is 0.706. The molecule has 0 radical (unpaired) electrons. The van der Waals surface area contributed by atoms with Crippen LogP contribution in [0, 0.1) is 0 Å². The van der Waals surface area contributed by atoms with Crippen LogP contribution in [0.1, 0.15) is 32.6 Å². The molecule has 0 unspecified atom stereocenters. The molecule has 2 heterocycles. The summed E-state index contributed by atoms with van der Waals surface area (Å²) >= 11 is 0. The molecule has 1 aromatic rings. The van der Waals surface area contributed by atoms with E-state index in [-0.39, 0.29) is 17.5 Å². The second-order valence-corrected chi connectivity index (χ2v) is 6.81. The SMILES string of the molecule is CCN(CC(=O)N[C@H]1CCCN(c2nccn(C)c2=O)C1)C1CC1. The van der Waals surface area contributed by atoms with Crippen LogP contribution in [0.3, 0.4) is 0 Å². The molecule has 1 N–H and O–H groups in total. The van der Waals surface area contributed by atoms with E-state index in [2.05, 4.69) is 22.1 Å². The monoisotopic (exact) mass is 333 g/mol. The molecule has 132 valence electrons. The number of aryl methyl sites for hydroxylation is 1. The molecule has 7 heteroatoms. The Morgan fingerprint density at radius 2 is 2.21 bits per heavy atom. The Morgan fingerprint density at radius 1 is 1.42 bits per heavy atom. The summed E-state index contributed by atoms with van der Waals surface area (Å²) in [4.78, 5) is 33.0. The molecular weight excluding hydrogens is 306 g/mol.